The van der Waals surface area contributed by atoms with Crippen LogP contribution in [0.5, 0.6) is 5.75 Å². The highest BCUT2D eigenvalue weighted by Gasteiger charge is 2.19. The summed E-state index contributed by atoms with van der Waals surface area (Å²) in [5.74, 6) is 1.51. The second-order valence-corrected chi connectivity index (χ2v) is 6.73. The first-order valence-electron chi connectivity index (χ1n) is 8.89. The number of aromatic amines is 1. The fourth-order valence-corrected chi connectivity index (χ4v) is 3.35. The molecule has 1 aliphatic rings. The molecule has 1 N–H and O–H groups in total. The predicted octanol–water partition coefficient (Wildman–Crippen LogP) is 3.99. The van der Waals surface area contributed by atoms with Crippen LogP contribution in [0.4, 0.5) is 4.39 Å². The van der Waals surface area contributed by atoms with Gasteiger partial charge in [-0.15, -0.1) is 0 Å². The number of hydrogen-bond acceptors (Lipinski definition) is 3. The van der Waals surface area contributed by atoms with Gasteiger partial charge in [-0.05, 0) is 30.7 Å². The van der Waals surface area contributed by atoms with Crippen LogP contribution in [0.2, 0.25) is 0 Å². The molecule has 0 radical (unpaired) electrons. The van der Waals surface area contributed by atoms with Gasteiger partial charge >= 0.3 is 0 Å². The highest BCUT2D eigenvalue weighted by atomic mass is 19.1. The van der Waals surface area contributed by atoms with Crippen molar-refractivity contribution >= 4 is 0 Å². The van der Waals surface area contributed by atoms with Crippen LogP contribution < -0.4 is 4.74 Å². The lowest BCUT2D eigenvalue weighted by molar-refractivity contribution is 0.241. The number of ether oxygens (including phenoxy) is 1. The molecule has 1 aliphatic heterocycles. The van der Waals surface area contributed by atoms with E-state index in [1.807, 2.05) is 25.1 Å². The monoisotopic (exact) mass is 351 g/mol. The summed E-state index contributed by atoms with van der Waals surface area (Å²) in [5, 5.41) is 0. The number of benzene rings is 2. The number of halogens is 1. The first-order valence-corrected chi connectivity index (χ1v) is 8.89. The summed E-state index contributed by atoms with van der Waals surface area (Å²) in [6.07, 6.45) is 0.990. The molecule has 0 atom stereocenters. The van der Waals surface area contributed by atoms with Crippen LogP contribution in [-0.2, 0) is 26.1 Å². The molecule has 4 nitrogen and oxygen atoms in total. The molecule has 0 spiro atoms. The summed E-state index contributed by atoms with van der Waals surface area (Å²) in [6.45, 7) is 5.05. The molecule has 0 amide bonds. The van der Waals surface area contributed by atoms with Crippen molar-refractivity contribution in [2.75, 3.05) is 6.54 Å². The van der Waals surface area contributed by atoms with Crippen LogP contribution in [0.25, 0.3) is 0 Å². The molecule has 0 unspecified atom stereocenters. The maximum absolute atomic E-state index is 13.6. The number of aryl methyl sites for hydroxylation is 1. The van der Waals surface area contributed by atoms with Gasteiger partial charge in [-0.3, -0.25) is 4.90 Å². The Bertz CT molecular complexity index is 889. The fraction of sp³-hybridized carbons (Fsp3) is 0.286. The topological polar surface area (TPSA) is 41.2 Å². The lowest BCUT2D eigenvalue weighted by atomic mass is 10.1. The smallest absolute Gasteiger partial charge is 0.129 e. The van der Waals surface area contributed by atoms with Gasteiger partial charge in [0.2, 0.25) is 0 Å². The Kier molecular flexibility index (Phi) is 4.71. The minimum Gasteiger partial charge on any atom is -0.489 e. The van der Waals surface area contributed by atoms with Gasteiger partial charge in [-0.25, -0.2) is 9.37 Å². The number of H-pyrrole nitrogens is 1. The van der Waals surface area contributed by atoms with Crippen LogP contribution in [-0.4, -0.2) is 21.4 Å². The number of nitrogens with zero attached hydrogens (tertiary/aromatic N) is 2. The van der Waals surface area contributed by atoms with Gasteiger partial charge in [0.15, 0.2) is 0 Å². The highest BCUT2D eigenvalue weighted by molar-refractivity contribution is 5.28. The third kappa shape index (κ3) is 3.78. The third-order valence-corrected chi connectivity index (χ3v) is 4.71. The molecular formula is C21H22FN3O. The Balaban J connectivity index is 1.34. The number of imidazole rings is 1. The summed E-state index contributed by atoms with van der Waals surface area (Å²) in [5.41, 5.74) is 4.24. The van der Waals surface area contributed by atoms with Gasteiger partial charge in [0, 0.05) is 31.6 Å². The number of hydrogen-bond donors (Lipinski definition) is 1. The van der Waals surface area contributed by atoms with E-state index in [1.165, 1.54) is 23.0 Å². The Morgan fingerprint density at radius 2 is 1.96 bits per heavy atom. The third-order valence-electron chi connectivity index (χ3n) is 4.71. The Hall–Kier alpha value is -2.66. The SMILES string of the molecule is Cc1nc2c([nH]1)CN(Cc1ccc(OCc3ccccc3F)cc1)CC2. The molecule has 3 aromatic rings. The maximum Gasteiger partial charge on any atom is 0.129 e. The van der Waals surface area contributed by atoms with Crippen LogP contribution in [0.1, 0.15) is 28.3 Å². The zero-order chi connectivity index (χ0) is 17.9. The van der Waals surface area contributed by atoms with Gasteiger partial charge in [0.1, 0.15) is 24.0 Å². The van der Waals surface area contributed by atoms with Gasteiger partial charge in [0.25, 0.3) is 0 Å². The van der Waals surface area contributed by atoms with Crippen molar-refractivity contribution in [1.29, 1.82) is 0 Å². The van der Waals surface area contributed by atoms with E-state index in [0.717, 1.165) is 37.6 Å². The second-order valence-electron chi connectivity index (χ2n) is 6.73. The first-order chi connectivity index (χ1) is 12.7. The van der Waals surface area contributed by atoms with Crippen LogP contribution >= 0.6 is 0 Å². The van der Waals surface area contributed by atoms with Gasteiger partial charge in [-0.2, -0.15) is 0 Å². The molecule has 0 saturated carbocycles. The molecule has 134 valence electrons. The molecule has 1 aromatic heterocycles. The maximum atomic E-state index is 13.6. The van der Waals surface area contributed by atoms with Crippen molar-refractivity contribution in [3.8, 4) is 5.75 Å². The molecule has 5 heteroatoms. The molecule has 0 bridgehead atoms. The zero-order valence-electron chi connectivity index (χ0n) is 14.8. The largest absolute Gasteiger partial charge is 0.489 e. The average molecular weight is 351 g/mol. The standard InChI is InChI=1S/C21H22FN3O/c1-15-23-20-10-11-25(13-21(20)24-15)12-16-6-8-18(9-7-16)26-14-17-4-2-3-5-19(17)22/h2-9H,10-14H2,1H3,(H,23,24). The molecule has 0 saturated heterocycles. The lowest BCUT2D eigenvalue weighted by Crippen LogP contribution is -2.30. The van der Waals surface area contributed by atoms with E-state index in [-0.39, 0.29) is 12.4 Å². The summed E-state index contributed by atoms with van der Waals surface area (Å²) in [7, 11) is 0. The van der Waals surface area contributed by atoms with Crippen molar-refractivity contribution in [3.63, 3.8) is 0 Å². The van der Waals surface area contributed by atoms with Crippen molar-refractivity contribution < 1.29 is 9.13 Å². The van der Waals surface area contributed by atoms with E-state index in [4.69, 9.17) is 4.74 Å². The molecule has 0 aliphatic carbocycles. The zero-order valence-corrected chi connectivity index (χ0v) is 14.8. The van der Waals surface area contributed by atoms with E-state index in [9.17, 15) is 4.39 Å². The van der Waals surface area contributed by atoms with Crippen LogP contribution in [0.3, 0.4) is 0 Å². The molecule has 4 rings (SSSR count). The highest BCUT2D eigenvalue weighted by Crippen LogP contribution is 2.20. The number of fused-ring (bicyclic) bond motifs is 1. The van der Waals surface area contributed by atoms with Crippen molar-refractivity contribution in [2.24, 2.45) is 0 Å². The number of rotatable bonds is 5. The Morgan fingerprint density at radius 3 is 2.77 bits per heavy atom. The van der Waals surface area contributed by atoms with Crippen LogP contribution in [0.15, 0.2) is 48.5 Å². The van der Waals surface area contributed by atoms with E-state index < -0.39 is 0 Å². The Morgan fingerprint density at radius 1 is 1.15 bits per heavy atom. The minimum absolute atomic E-state index is 0.234. The quantitative estimate of drug-likeness (QED) is 0.755. The fourth-order valence-electron chi connectivity index (χ4n) is 3.35. The predicted molar refractivity (Wildman–Crippen MR) is 98.3 cm³/mol. The van der Waals surface area contributed by atoms with E-state index >= 15 is 0 Å². The second kappa shape index (κ2) is 7.30. The minimum atomic E-state index is -0.234. The van der Waals surface area contributed by atoms with Crippen molar-refractivity contribution in [3.05, 3.63) is 82.7 Å². The number of nitrogens with one attached hydrogen (secondary N) is 1. The lowest BCUT2D eigenvalue weighted by Gasteiger charge is -2.26. The Labute approximate surface area is 152 Å². The van der Waals surface area contributed by atoms with Gasteiger partial charge in [0.05, 0.1) is 11.4 Å². The molecular weight excluding hydrogens is 329 g/mol. The van der Waals surface area contributed by atoms with Crippen molar-refractivity contribution in [1.82, 2.24) is 14.9 Å². The van der Waals surface area contributed by atoms with E-state index in [0.29, 0.717) is 5.56 Å². The number of aromatic nitrogens is 2. The average Bonchev–Trinajstić information content (AvgIpc) is 3.01. The van der Waals surface area contributed by atoms with E-state index in [1.54, 1.807) is 12.1 Å². The normalized spacial score (nSPS) is 14.2. The summed E-state index contributed by atoms with van der Waals surface area (Å²) in [4.78, 5) is 10.3. The molecule has 0 fully saturated rings. The van der Waals surface area contributed by atoms with Crippen LogP contribution in [0, 0.1) is 12.7 Å². The first kappa shape index (κ1) is 16.8. The van der Waals surface area contributed by atoms with Crippen molar-refractivity contribution in [2.45, 2.75) is 33.0 Å². The molecule has 26 heavy (non-hydrogen) atoms. The van der Waals surface area contributed by atoms with Gasteiger partial charge < -0.3 is 9.72 Å². The summed E-state index contributed by atoms with van der Waals surface area (Å²) < 4.78 is 19.3. The summed E-state index contributed by atoms with van der Waals surface area (Å²) >= 11 is 0. The van der Waals surface area contributed by atoms with E-state index in [2.05, 4.69) is 27.0 Å². The molecule has 2 aromatic carbocycles. The molecule has 2 heterocycles. The van der Waals surface area contributed by atoms with Gasteiger partial charge in [-0.1, -0.05) is 30.3 Å². The summed E-state index contributed by atoms with van der Waals surface area (Å²) in [6, 6.07) is 14.7.